The van der Waals surface area contributed by atoms with Gasteiger partial charge in [0, 0.05) is 54.4 Å². The van der Waals surface area contributed by atoms with Gasteiger partial charge < -0.3 is 20.2 Å². The van der Waals surface area contributed by atoms with Crippen LogP contribution >= 0.6 is 15.9 Å². The van der Waals surface area contributed by atoms with Crippen molar-refractivity contribution >= 4 is 27.7 Å². The summed E-state index contributed by atoms with van der Waals surface area (Å²) in [4.78, 5) is 26.3. The van der Waals surface area contributed by atoms with Crippen LogP contribution in [0.2, 0.25) is 0 Å². The number of carbonyl (C=O) groups is 1. The van der Waals surface area contributed by atoms with E-state index in [-0.39, 0.29) is 23.7 Å². The van der Waals surface area contributed by atoms with Gasteiger partial charge in [-0.05, 0) is 24.5 Å². The van der Waals surface area contributed by atoms with Crippen molar-refractivity contribution in [1.82, 2.24) is 20.2 Å². The van der Waals surface area contributed by atoms with E-state index < -0.39 is 12.0 Å². The van der Waals surface area contributed by atoms with Crippen LogP contribution in [-0.4, -0.2) is 64.6 Å². The fraction of sp³-hybridized carbons (Fsp3) is 0.542. The monoisotopic (exact) mass is 519 g/mol. The number of aromatic nitrogens is 2. The molecule has 178 valence electrons. The number of piperazine rings is 1. The third-order valence-corrected chi connectivity index (χ3v) is 7.03. The van der Waals surface area contributed by atoms with E-state index in [1.807, 2.05) is 18.7 Å². The van der Waals surface area contributed by atoms with Crippen LogP contribution in [0.3, 0.4) is 0 Å². The summed E-state index contributed by atoms with van der Waals surface area (Å²) in [6.07, 6.45) is 1.62. The van der Waals surface area contributed by atoms with Crippen molar-refractivity contribution in [3.8, 4) is 0 Å². The lowest BCUT2D eigenvalue weighted by molar-refractivity contribution is -0.133. The molecule has 0 bridgehead atoms. The van der Waals surface area contributed by atoms with Crippen LogP contribution in [0.5, 0.6) is 0 Å². The molecule has 1 fully saturated rings. The number of carbonyl (C=O) groups excluding carboxylic acids is 1. The van der Waals surface area contributed by atoms with Gasteiger partial charge >= 0.3 is 0 Å². The third kappa shape index (κ3) is 5.05. The van der Waals surface area contributed by atoms with Gasteiger partial charge in [0.2, 0.25) is 5.91 Å². The van der Waals surface area contributed by atoms with Crippen LogP contribution in [0, 0.1) is 5.82 Å². The van der Waals surface area contributed by atoms with Crippen molar-refractivity contribution in [1.29, 1.82) is 0 Å². The van der Waals surface area contributed by atoms with Crippen molar-refractivity contribution in [3.63, 3.8) is 0 Å². The summed E-state index contributed by atoms with van der Waals surface area (Å²) in [6.45, 7) is 8.81. The molecule has 1 aromatic carbocycles. The Morgan fingerprint density at radius 1 is 1.27 bits per heavy atom. The molecule has 0 radical (unpaired) electrons. The highest BCUT2D eigenvalue weighted by Crippen LogP contribution is 2.42. The van der Waals surface area contributed by atoms with E-state index in [9.17, 15) is 14.3 Å². The summed E-state index contributed by atoms with van der Waals surface area (Å²) < 4.78 is 15.4. The summed E-state index contributed by atoms with van der Waals surface area (Å²) in [5.41, 5.74) is 2.15. The Hall–Kier alpha value is -2.10. The van der Waals surface area contributed by atoms with Gasteiger partial charge in [-0.1, -0.05) is 42.8 Å². The average Bonchev–Trinajstić information content (AvgIpc) is 3.08. The van der Waals surface area contributed by atoms with Crippen LogP contribution in [-0.2, 0) is 4.79 Å². The Morgan fingerprint density at radius 3 is 2.67 bits per heavy atom. The predicted octanol–water partition coefficient (Wildman–Crippen LogP) is 3.35. The van der Waals surface area contributed by atoms with Crippen LogP contribution in [0.1, 0.15) is 62.0 Å². The lowest BCUT2D eigenvalue weighted by Gasteiger charge is -2.38. The molecule has 33 heavy (non-hydrogen) atoms. The second-order valence-corrected chi connectivity index (χ2v) is 10.2. The number of aliphatic hydroxyl groups excluding tert-OH is 1. The maximum absolute atomic E-state index is 14.8. The summed E-state index contributed by atoms with van der Waals surface area (Å²) in [7, 11) is 0. The number of hydrogen-bond acceptors (Lipinski definition) is 6. The molecule has 1 amide bonds. The number of hydrogen-bond donors (Lipinski definition) is 2. The van der Waals surface area contributed by atoms with E-state index >= 15 is 0 Å². The average molecular weight is 520 g/mol. The molecule has 1 saturated heterocycles. The van der Waals surface area contributed by atoms with Gasteiger partial charge in [0.05, 0.1) is 17.7 Å². The standard InChI is InChI=1S/C24H31BrFN5O2/c1-14(2)27-12-18(17-5-4-16(25)11-19(17)26)24(33)31-8-6-30(7-9-31)23-21-15(3)10-20(32)22(21)28-13-29-23/h4-5,11,13-15,18,20,27,32H,6-10,12H2,1-3H3/t15?,18-,20-/m1/s1. The first-order chi connectivity index (χ1) is 15.8. The SMILES string of the molecule is CC(C)NC[C@@H](C(=O)N1CCN(c2ncnc3c2C(C)C[C@H]3O)CC1)c1ccc(Br)cc1F. The summed E-state index contributed by atoms with van der Waals surface area (Å²) >= 11 is 3.30. The molecule has 4 rings (SSSR count). The van der Waals surface area contributed by atoms with Crippen LogP contribution in [0.25, 0.3) is 0 Å². The minimum atomic E-state index is -0.592. The number of fused-ring (bicyclic) bond motifs is 1. The molecule has 9 heteroatoms. The molecular formula is C24H31BrFN5O2. The number of aliphatic hydroxyl groups is 1. The number of nitrogens with zero attached hydrogens (tertiary/aromatic N) is 4. The lowest BCUT2D eigenvalue weighted by Crippen LogP contribution is -2.51. The third-order valence-electron chi connectivity index (χ3n) is 6.54. The van der Waals surface area contributed by atoms with Crippen LogP contribution in [0.4, 0.5) is 10.2 Å². The molecule has 1 unspecified atom stereocenters. The molecule has 2 aliphatic rings. The van der Waals surface area contributed by atoms with Crippen molar-refractivity contribution < 1.29 is 14.3 Å². The van der Waals surface area contributed by atoms with Gasteiger partial charge in [0.25, 0.3) is 0 Å². The highest BCUT2D eigenvalue weighted by atomic mass is 79.9. The number of nitrogens with one attached hydrogen (secondary N) is 1. The summed E-state index contributed by atoms with van der Waals surface area (Å²) in [6, 6.07) is 5.07. The van der Waals surface area contributed by atoms with Gasteiger partial charge in [-0.2, -0.15) is 0 Å². The number of benzene rings is 1. The quantitative estimate of drug-likeness (QED) is 0.608. The molecular weight excluding hydrogens is 489 g/mol. The van der Waals surface area contributed by atoms with Gasteiger partial charge in [0.1, 0.15) is 18.0 Å². The number of halogens is 2. The van der Waals surface area contributed by atoms with Crippen molar-refractivity contribution in [3.05, 3.63) is 51.6 Å². The molecule has 2 aromatic rings. The zero-order valence-corrected chi connectivity index (χ0v) is 20.8. The molecule has 1 aliphatic carbocycles. The number of anilines is 1. The molecule has 3 atom stereocenters. The Labute approximate surface area is 202 Å². The Kier molecular flexibility index (Phi) is 7.31. The van der Waals surface area contributed by atoms with Gasteiger partial charge in [0.15, 0.2) is 0 Å². The van der Waals surface area contributed by atoms with Gasteiger partial charge in [-0.15, -0.1) is 0 Å². The molecule has 1 aliphatic heterocycles. The fourth-order valence-electron chi connectivity index (χ4n) is 4.78. The minimum absolute atomic E-state index is 0.0688. The number of rotatable bonds is 6. The predicted molar refractivity (Wildman–Crippen MR) is 129 cm³/mol. The first-order valence-electron chi connectivity index (χ1n) is 11.5. The second-order valence-electron chi connectivity index (χ2n) is 9.24. The fourth-order valence-corrected chi connectivity index (χ4v) is 5.11. The normalized spacial score (nSPS) is 21.4. The topological polar surface area (TPSA) is 81.6 Å². The minimum Gasteiger partial charge on any atom is -0.387 e. The Morgan fingerprint density at radius 2 is 2.00 bits per heavy atom. The highest BCUT2D eigenvalue weighted by molar-refractivity contribution is 9.10. The lowest BCUT2D eigenvalue weighted by atomic mass is 9.96. The Bertz CT molecular complexity index is 1010. The van der Waals surface area contributed by atoms with Crippen molar-refractivity contribution in [2.45, 2.75) is 51.2 Å². The molecule has 2 heterocycles. The zero-order valence-electron chi connectivity index (χ0n) is 19.3. The maximum atomic E-state index is 14.8. The largest absolute Gasteiger partial charge is 0.387 e. The van der Waals surface area contributed by atoms with Gasteiger partial charge in [-0.25, -0.2) is 14.4 Å². The highest BCUT2D eigenvalue weighted by Gasteiger charge is 2.35. The molecule has 2 N–H and O–H groups in total. The molecule has 7 nitrogen and oxygen atoms in total. The summed E-state index contributed by atoms with van der Waals surface area (Å²) in [5, 5.41) is 13.6. The second kappa shape index (κ2) is 10.0. The van der Waals surface area contributed by atoms with E-state index in [2.05, 4.69) is 43.0 Å². The smallest absolute Gasteiger partial charge is 0.231 e. The van der Waals surface area contributed by atoms with E-state index in [0.29, 0.717) is 49.2 Å². The molecule has 0 spiro atoms. The maximum Gasteiger partial charge on any atom is 0.231 e. The molecule has 1 aromatic heterocycles. The van der Waals surface area contributed by atoms with E-state index in [4.69, 9.17) is 0 Å². The van der Waals surface area contributed by atoms with Crippen molar-refractivity contribution in [2.24, 2.45) is 0 Å². The van der Waals surface area contributed by atoms with Crippen LogP contribution in [0.15, 0.2) is 29.0 Å². The van der Waals surface area contributed by atoms with Crippen LogP contribution < -0.4 is 10.2 Å². The molecule has 0 saturated carbocycles. The van der Waals surface area contributed by atoms with Crippen molar-refractivity contribution in [2.75, 3.05) is 37.6 Å². The van der Waals surface area contributed by atoms with Gasteiger partial charge in [-0.3, -0.25) is 4.79 Å². The van der Waals surface area contributed by atoms with E-state index in [0.717, 1.165) is 17.1 Å². The van der Waals surface area contributed by atoms with E-state index in [1.54, 1.807) is 12.1 Å². The summed E-state index contributed by atoms with van der Waals surface area (Å²) in [5.74, 6) is 0.00751. The Balaban J connectivity index is 1.50. The first kappa shape index (κ1) is 24.0. The first-order valence-corrected chi connectivity index (χ1v) is 12.3. The number of amides is 1. The zero-order chi connectivity index (χ0) is 23.7. The van der Waals surface area contributed by atoms with E-state index in [1.165, 1.54) is 12.4 Å².